The molecule has 2 aromatic rings. The van der Waals surface area contributed by atoms with E-state index >= 15 is 0 Å². The third kappa shape index (κ3) is 4.19. The van der Waals surface area contributed by atoms with E-state index in [4.69, 9.17) is 5.14 Å². The number of hydrogen-bond donors (Lipinski definition) is 1. The van der Waals surface area contributed by atoms with Gasteiger partial charge in [0.1, 0.15) is 5.75 Å². The molecule has 0 unspecified atom stereocenters. The van der Waals surface area contributed by atoms with Crippen molar-refractivity contribution < 1.29 is 26.3 Å². The van der Waals surface area contributed by atoms with Crippen molar-refractivity contribution in [3.63, 3.8) is 0 Å². The van der Waals surface area contributed by atoms with Crippen molar-refractivity contribution in [1.29, 1.82) is 0 Å². The van der Waals surface area contributed by atoms with Gasteiger partial charge < -0.3 is 4.74 Å². The smallest absolute Gasteiger partial charge is 0.406 e. The van der Waals surface area contributed by atoms with E-state index in [1.807, 2.05) is 37.3 Å². The van der Waals surface area contributed by atoms with Crippen LogP contribution in [-0.2, 0) is 10.0 Å². The standard InChI is InChI=1S/C18H18F3NO3S/c1-11-9-14(11)17(12-5-3-2-4-6-12)15-10-13(25-18(19,20)21)7-8-16(15)26(22,23)24/h2-8,10-11,14,17H,9H2,1H3,(H2,22,23,24)/t11-,14+,17-/m1/s1. The summed E-state index contributed by atoms with van der Waals surface area (Å²) in [4.78, 5) is -0.181. The average molecular weight is 385 g/mol. The second kappa shape index (κ2) is 6.59. The van der Waals surface area contributed by atoms with Crippen molar-refractivity contribution in [2.24, 2.45) is 17.0 Å². The predicted molar refractivity (Wildman–Crippen MR) is 90.1 cm³/mol. The monoisotopic (exact) mass is 385 g/mol. The Labute approximate surface area is 149 Å². The van der Waals surface area contributed by atoms with Gasteiger partial charge in [-0.25, -0.2) is 13.6 Å². The largest absolute Gasteiger partial charge is 0.573 e. The zero-order valence-corrected chi connectivity index (χ0v) is 14.7. The molecule has 1 saturated carbocycles. The first-order chi connectivity index (χ1) is 12.1. The van der Waals surface area contributed by atoms with Gasteiger partial charge in [-0.15, -0.1) is 13.2 Å². The summed E-state index contributed by atoms with van der Waals surface area (Å²) in [5.41, 5.74) is 1.06. The summed E-state index contributed by atoms with van der Waals surface area (Å²) in [6, 6.07) is 12.3. The minimum absolute atomic E-state index is 0.124. The number of sulfonamides is 1. The van der Waals surface area contributed by atoms with Crippen molar-refractivity contribution >= 4 is 10.0 Å². The van der Waals surface area contributed by atoms with E-state index in [9.17, 15) is 21.6 Å². The molecule has 1 fully saturated rings. The van der Waals surface area contributed by atoms with Crippen LogP contribution >= 0.6 is 0 Å². The Morgan fingerprint density at radius 3 is 2.27 bits per heavy atom. The first kappa shape index (κ1) is 18.7. The molecule has 0 bridgehead atoms. The van der Waals surface area contributed by atoms with Gasteiger partial charge in [0, 0.05) is 5.92 Å². The molecular formula is C18H18F3NO3S. The van der Waals surface area contributed by atoms with Gasteiger partial charge in [0.15, 0.2) is 0 Å². The Morgan fingerprint density at radius 1 is 1.15 bits per heavy atom. The van der Waals surface area contributed by atoms with Gasteiger partial charge >= 0.3 is 6.36 Å². The first-order valence-electron chi connectivity index (χ1n) is 8.03. The van der Waals surface area contributed by atoms with E-state index in [2.05, 4.69) is 4.74 Å². The minimum Gasteiger partial charge on any atom is -0.406 e. The Bertz CT molecular complexity index is 898. The molecule has 2 N–H and O–H groups in total. The molecule has 0 heterocycles. The SMILES string of the molecule is C[C@@H]1C[C@@H]1[C@@H](c1ccccc1)c1cc(OC(F)(F)F)ccc1S(N)(=O)=O. The summed E-state index contributed by atoms with van der Waals surface area (Å²) in [6.45, 7) is 2.02. The Kier molecular flexibility index (Phi) is 4.74. The summed E-state index contributed by atoms with van der Waals surface area (Å²) in [5, 5.41) is 5.32. The molecule has 140 valence electrons. The summed E-state index contributed by atoms with van der Waals surface area (Å²) < 4.78 is 65.8. The minimum atomic E-state index is -4.87. The molecule has 0 spiro atoms. The fourth-order valence-electron chi connectivity index (χ4n) is 3.36. The van der Waals surface area contributed by atoms with E-state index < -0.39 is 22.1 Å². The molecule has 26 heavy (non-hydrogen) atoms. The maximum Gasteiger partial charge on any atom is 0.573 e. The van der Waals surface area contributed by atoms with Gasteiger partial charge in [-0.1, -0.05) is 37.3 Å². The molecular weight excluding hydrogens is 367 g/mol. The second-order valence-corrected chi connectivity index (χ2v) is 8.09. The van der Waals surface area contributed by atoms with Gasteiger partial charge in [-0.3, -0.25) is 0 Å². The lowest BCUT2D eigenvalue weighted by Crippen LogP contribution is -2.20. The zero-order chi connectivity index (χ0) is 19.1. The van der Waals surface area contributed by atoms with E-state index in [0.717, 1.165) is 30.2 Å². The van der Waals surface area contributed by atoms with Crippen LogP contribution in [0.4, 0.5) is 13.2 Å². The van der Waals surface area contributed by atoms with Crippen molar-refractivity contribution in [2.75, 3.05) is 0 Å². The second-order valence-electron chi connectivity index (χ2n) is 6.56. The van der Waals surface area contributed by atoms with E-state index in [0.29, 0.717) is 5.92 Å². The van der Waals surface area contributed by atoms with Crippen LogP contribution in [0.25, 0.3) is 0 Å². The number of alkyl halides is 3. The highest BCUT2D eigenvalue weighted by atomic mass is 32.2. The fraction of sp³-hybridized carbons (Fsp3) is 0.333. The first-order valence-corrected chi connectivity index (χ1v) is 9.58. The van der Waals surface area contributed by atoms with Crippen LogP contribution in [0.1, 0.15) is 30.4 Å². The average Bonchev–Trinajstić information content (AvgIpc) is 3.22. The highest BCUT2D eigenvalue weighted by Crippen LogP contribution is 2.52. The molecule has 0 aliphatic heterocycles. The maximum absolute atomic E-state index is 12.6. The third-order valence-corrected chi connectivity index (χ3v) is 5.60. The molecule has 0 aromatic heterocycles. The van der Waals surface area contributed by atoms with Crippen LogP contribution in [0.5, 0.6) is 5.75 Å². The lowest BCUT2D eigenvalue weighted by molar-refractivity contribution is -0.274. The van der Waals surface area contributed by atoms with E-state index in [1.54, 1.807) is 0 Å². The number of nitrogens with two attached hydrogens (primary N) is 1. The number of benzene rings is 2. The number of primary sulfonamides is 1. The molecule has 3 atom stereocenters. The van der Waals surface area contributed by atoms with Gasteiger partial charge in [0.05, 0.1) is 4.90 Å². The zero-order valence-electron chi connectivity index (χ0n) is 13.9. The Balaban J connectivity index is 2.16. The summed E-state index contributed by atoms with van der Waals surface area (Å²) >= 11 is 0. The number of hydrogen-bond acceptors (Lipinski definition) is 3. The van der Waals surface area contributed by atoms with E-state index in [-0.39, 0.29) is 22.3 Å². The van der Waals surface area contributed by atoms with Crippen molar-refractivity contribution in [3.8, 4) is 5.75 Å². The number of halogens is 3. The topological polar surface area (TPSA) is 69.4 Å². The molecule has 8 heteroatoms. The van der Waals surface area contributed by atoms with Crippen LogP contribution in [0.3, 0.4) is 0 Å². The van der Waals surface area contributed by atoms with Crippen molar-refractivity contribution in [1.82, 2.24) is 0 Å². The lowest BCUT2D eigenvalue weighted by Gasteiger charge is -2.22. The Hall–Kier alpha value is -2.06. The lowest BCUT2D eigenvalue weighted by atomic mass is 9.86. The molecule has 1 aliphatic rings. The molecule has 2 aromatic carbocycles. The fourth-order valence-corrected chi connectivity index (χ4v) is 4.13. The molecule has 3 rings (SSSR count). The molecule has 0 saturated heterocycles. The summed E-state index contributed by atoms with van der Waals surface area (Å²) in [5.74, 6) is -0.384. The highest BCUT2D eigenvalue weighted by molar-refractivity contribution is 7.89. The van der Waals surface area contributed by atoms with Gasteiger partial charge in [0.2, 0.25) is 10.0 Å². The molecule has 4 nitrogen and oxygen atoms in total. The molecule has 0 amide bonds. The van der Waals surface area contributed by atoms with Gasteiger partial charge in [-0.05, 0) is 47.6 Å². The summed E-state index contributed by atoms with van der Waals surface area (Å²) in [7, 11) is -4.11. The third-order valence-electron chi connectivity index (χ3n) is 4.61. The molecule has 1 aliphatic carbocycles. The number of ether oxygens (including phenoxy) is 1. The quantitative estimate of drug-likeness (QED) is 0.845. The van der Waals surface area contributed by atoms with Crippen LogP contribution in [0.2, 0.25) is 0 Å². The highest BCUT2D eigenvalue weighted by Gasteiger charge is 2.43. The number of rotatable bonds is 5. The van der Waals surface area contributed by atoms with Crippen LogP contribution < -0.4 is 9.88 Å². The normalized spacial score (nSPS) is 21.3. The molecule has 0 radical (unpaired) electrons. The van der Waals surface area contributed by atoms with E-state index in [1.165, 1.54) is 0 Å². The van der Waals surface area contributed by atoms with Crippen LogP contribution in [0.15, 0.2) is 53.4 Å². The summed E-state index contributed by atoms with van der Waals surface area (Å²) in [6.07, 6.45) is -4.01. The van der Waals surface area contributed by atoms with Crippen molar-refractivity contribution in [3.05, 3.63) is 59.7 Å². The van der Waals surface area contributed by atoms with Gasteiger partial charge in [-0.2, -0.15) is 0 Å². The van der Waals surface area contributed by atoms with Gasteiger partial charge in [0.25, 0.3) is 0 Å². The Morgan fingerprint density at radius 2 is 1.77 bits per heavy atom. The van der Waals surface area contributed by atoms with Crippen LogP contribution in [0, 0.1) is 11.8 Å². The van der Waals surface area contributed by atoms with Crippen molar-refractivity contribution in [2.45, 2.75) is 30.5 Å². The maximum atomic E-state index is 12.6. The van der Waals surface area contributed by atoms with Crippen LogP contribution in [-0.4, -0.2) is 14.8 Å². The predicted octanol–water partition coefficient (Wildman–Crippen LogP) is 4.02.